The van der Waals surface area contributed by atoms with Gasteiger partial charge >= 0.3 is 6.72 Å². The van der Waals surface area contributed by atoms with Crippen molar-refractivity contribution in [3.05, 3.63) is 78.4 Å². The highest BCUT2D eigenvalue weighted by Gasteiger charge is 2.20. The molecule has 0 aliphatic carbocycles. The van der Waals surface area contributed by atoms with Crippen LogP contribution >= 0.6 is 6.72 Å². The van der Waals surface area contributed by atoms with Gasteiger partial charge in [0, 0.05) is 17.4 Å². The normalized spacial score (nSPS) is 11.5. The first-order valence-corrected chi connectivity index (χ1v) is 14.1. The summed E-state index contributed by atoms with van der Waals surface area (Å²) in [6.07, 6.45) is 9.27. The van der Waals surface area contributed by atoms with Crippen molar-refractivity contribution in [2.75, 3.05) is 0 Å². The molecule has 0 aromatic heterocycles. The van der Waals surface area contributed by atoms with E-state index in [2.05, 4.69) is 31.2 Å². The minimum absolute atomic E-state index is 0.475. The Morgan fingerprint density at radius 1 is 0.719 bits per heavy atom. The van der Waals surface area contributed by atoms with Gasteiger partial charge in [0.1, 0.15) is 5.75 Å². The lowest BCUT2D eigenvalue weighted by molar-refractivity contribution is 0.369. The fourth-order valence-corrected chi connectivity index (χ4v) is 4.81. The molecule has 3 rings (SSSR count). The van der Waals surface area contributed by atoms with E-state index in [1.54, 1.807) is 0 Å². The Labute approximate surface area is 197 Å². The summed E-state index contributed by atoms with van der Waals surface area (Å²) >= 11 is 4.81. The fraction of sp³-hybridized carbons (Fsp3) is 0.333. The molecule has 3 aromatic carbocycles. The highest BCUT2D eigenvalue weighted by Crippen LogP contribution is 2.45. The molecule has 0 saturated heterocycles. The average molecular weight is 469 g/mol. The molecule has 0 aliphatic heterocycles. The number of benzene rings is 3. The van der Waals surface area contributed by atoms with E-state index >= 15 is 0 Å². The van der Waals surface area contributed by atoms with Gasteiger partial charge in [-0.05, 0) is 41.2 Å². The number of hydrogen-bond acceptors (Lipinski definition) is 2. The summed E-state index contributed by atoms with van der Waals surface area (Å²) in [4.78, 5) is 19.8. The summed E-state index contributed by atoms with van der Waals surface area (Å²) < 4.78 is 5.53. The minimum Gasteiger partial charge on any atom is -0.424 e. The summed E-state index contributed by atoms with van der Waals surface area (Å²) in [6.45, 7) is -1.60. The van der Waals surface area contributed by atoms with Crippen LogP contribution in [0.15, 0.2) is 72.8 Å². The van der Waals surface area contributed by atoms with Gasteiger partial charge in [-0.25, -0.2) is 0 Å². The van der Waals surface area contributed by atoms with Crippen molar-refractivity contribution in [3.8, 4) is 28.0 Å². The molecule has 5 heteroatoms. The molecule has 0 radical (unpaired) electrons. The van der Waals surface area contributed by atoms with Crippen LogP contribution in [0.2, 0.25) is 0 Å². The Morgan fingerprint density at radius 3 is 1.88 bits per heavy atom. The quantitative estimate of drug-likeness (QED) is 0.209. The van der Waals surface area contributed by atoms with Gasteiger partial charge in [0.2, 0.25) is 0 Å². The van der Waals surface area contributed by atoms with E-state index in [0.29, 0.717) is 5.75 Å². The molecule has 0 heterocycles. The number of hydrogen-bond donors (Lipinski definition) is 2. The largest absolute Gasteiger partial charge is 0.424 e. The Kier molecular flexibility index (Phi) is 9.50. The standard InChI is InChI=1S/C27H33O3PS/c1-2-3-4-5-6-7-14-19-25-26(30-31(28,29)32)21-20-24(22-15-10-8-11-16-22)27(25)23-17-12-9-13-18-23/h8-13,15-18,20-21H,2-7,14,19H2,1H3,(H2,28,29,32). The van der Waals surface area contributed by atoms with Crippen LogP contribution in [0.3, 0.4) is 0 Å². The second kappa shape index (κ2) is 12.3. The second-order valence-electron chi connectivity index (χ2n) is 8.15. The van der Waals surface area contributed by atoms with Crippen molar-refractivity contribution in [1.29, 1.82) is 0 Å². The summed E-state index contributed by atoms with van der Waals surface area (Å²) in [7, 11) is 0. The van der Waals surface area contributed by atoms with Crippen LogP contribution in [-0.2, 0) is 18.2 Å². The first-order chi connectivity index (χ1) is 15.5. The van der Waals surface area contributed by atoms with Gasteiger partial charge in [0.25, 0.3) is 0 Å². The molecule has 0 fully saturated rings. The van der Waals surface area contributed by atoms with Crippen LogP contribution in [0.1, 0.15) is 57.4 Å². The lowest BCUT2D eigenvalue weighted by Crippen LogP contribution is -2.00. The Bertz CT molecular complexity index is 1020. The molecule has 170 valence electrons. The average Bonchev–Trinajstić information content (AvgIpc) is 2.79. The van der Waals surface area contributed by atoms with Gasteiger partial charge in [-0.1, -0.05) is 112 Å². The van der Waals surface area contributed by atoms with E-state index in [4.69, 9.17) is 16.3 Å². The first-order valence-electron chi connectivity index (χ1n) is 11.5. The molecule has 0 unspecified atom stereocenters. The molecule has 0 spiro atoms. The maximum absolute atomic E-state index is 9.89. The van der Waals surface area contributed by atoms with E-state index in [9.17, 15) is 9.79 Å². The zero-order valence-electron chi connectivity index (χ0n) is 18.7. The zero-order valence-corrected chi connectivity index (χ0v) is 20.5. The maximum atomic E-state index is 9.89. The van der Waals surface area contributed by atoms with Gasteiger partial charge in [0.05, 0.1) is 0 Å². The molecule has 3 aromatic rings. The molecule has 0 bridgehead atoms. The molecule has 2 N–H and O–H groups in total. The van der Waals surface area contributed by atoms with Crippen molar-refractivity contribution >= 4 is 18.5 Å². The van der Waals surface area contributed by atoms with Crippen molar-refractivity contribution < 1.29 is 14.3 Å². The van der Waals surface area contributed by atoms with Crippen LogP contribution in [-0.4, -0.2) is 9.79 Å². The number of unbranched alkanes of at least 4 members (excludes halogenated alkanes) is 6. The fourth-order valence-electron chi connectivity index (χ4n) is 4.14. The Morgan fingerprint density at radius 2 is 1.28 bits per heavy atom. The Hall–Kier alpha value is -1.97. The predicted molar refractivity (Wildman–Crippen MR) is 138 cm³/mol. The third-order valence-electron chi connectivity index (χ3n) is 5.66. The van der Waals surface area contributed by atoms with Crippen molar-refractivity contribution in [3.63, 3.8) is 0 Å². The summed E-state index contributed by atoms with van der Waals surface area (Å²) in [5.41, 5.74) is 5.36. The summed E-state index contributed by atoms with van der Waals surface area (Å²) in [5.74, 6) is 0.475. The summed E-state index contributed by atoms with van der Waals surface area (Å²) in [6, 6.07) is 24.3. The number of rotatable bonds is 12. The van der Waals surface area contributed by atoms with Gasteiger partial charge in [-0.2, -0.15) is 0 Å². The van der Waals surface area contributed by atoms with Crippen molar-refractivity contribution in [2.45, 2.75) is 58.3 Å². The topological polar surface area (TPSA) is 49.7 Å². The van der Waals surface area contributed by atoms with E-state index in [1.807, 2.05) is 48.5 Å². The second-order valence-corrected chi connectivity index (χ2v) is 10.7. The van der Waals surface area contributed by atoms with E-state index in [0.717, 1.165) is 47.1 Å². The first kappa shape index (κ1) is 24.7. The van der Waals surface area contributed by atoms with E-state index < -0.39 is 6.72 Å². The van der Waals surface area contributed by atoms with E-state index in [1.165, 1.54) is 32.1 Å². The Balaban J connectivity index is 2.00. The van der Waals surface area contributed by atoms with Crippen LogP contribution < -0.4 is 4.52 Å². The molecule has 0 saturated carbocycles. The van der Waals surface area contributed by atoms with Crippen molar-refractivity contribution in [2.24, 2.45) is 0 Å². The van der Waals surface area contributed by atoms with Crippen LogP contribution in [0, 0.1) is 0 Å². The molecule has 0 amide bonds. The highest BCUT2D eigenvalue weighted by molar-refractivity contribution is 8.06. The van der Waals surface area contributed by atoms with Crippen LogP contribution in [0.5, 0.6) is 5.75 Å². The maximum Gasteiger partial charge on any atom is 0.375 e. The highest BCUT2D eigenvalue weighted by atomic mass is 32.5. The van der Waals surface area contributed by atoms with Crippen LogP contribution in [0.4, 0.5) is 0 Å². The molecule has 3 nitrogen and oxygen atoms in total. The third kappa shape index (κ3) is 7.28. The van der Waals surface area contributed by atoms with Gasteiger partial charge in [-0.15, -0.1) is 0 Å². The smallest absolute Gasteiger partial charge is 0.375 e. The molecule has 0 atom stereocenters. The van der Waals surface area contributed by atoms with Gasteiger partial charge in [0.15, 0.2) is 0 Å². The zero-order chi connectivity index (χ0) is 22.8. The molecular weight excluding hydrogens is 435 g/mol. The predicted octanol–water partition coefficient (Wildman–Crippen LogP) is 7.90. The SMILES string of the molecule is CCCCCCCCCc1c(OP(O)(O)=S)ccc(-c2ccccc2)c1-c1ccccc1. The van der Waals surface area contributed by atoms with Crippen molar-refractivity contribution in [1.82, 2.24) is 0 Å². The lowest BCUT2D eigenvalue weighted by atomic mass is 9.88. The van der Waals surface area contributed by atoms with Crippen LogP contribution in [0.25, 0.3) is 22.3 Å². The lowest BCUT2D eigenvalue weighted by Gasteiger charge is -2.21. The monoisotopic (exact) mass is 468 g/mol. The third-order valence-corrected chi connectivity index (χ3v) is 6.32. The molecule has 32 heavy (non-hydrogen) atoms. The van der Waals surface area contributed by atoms with Gasteiger partial charge < -0.3 is 14.3 Å². The van der Waals surface area contributed by atoms with Gasteiger partial charge in [-0.3, -0.25) is 0 Å². The van der Waals surface area contributed by atoms with E-state index in [-0.39, 0.29) is 0 Å². The summed E-state index contributed by atoms with van der Waals surface area (Å²) in [5, 5.41) is 0. The minimum atomic E-state index is -3.84. The molecular formula is C27H33O3PS. The molecule has 0 aliphatic rings.